The fraction of sp³-hybridized carbons (Fsp3) is 0.923. The molecule has 1 N–H and O–H groups in total. The molecule has 0 bridgehead atoms. The molecule has 1 atom stereocenters. The van der Waals surface area contributed by atoms with E-state index in [1.165, 1.54) is 0 Å². The maximum Gasteiger partial charge on any atom is 0.225 e. The Balaban J connectivity index is 2.57. The molecule has 1 amide bonds. The second kappa shape index (κ2) is 5.83. The number of carbonyl (C=O) groups excluding carboxylic acids is 1. The number of ether oxygens (including phenoxy) is 1. The number of hydrogen-bond donors (Lipinski definition) is 1. The first-order chi connectivity index (χ1) is 7.81. The third kappa shape index (κ3) is 4.64. The Hall–Kier alpha value is -0.610. The highest BCUT2D eigenvalue weighted by molar-refractivity contribution is 5.78. The van der Waals surface area contributed by atoms with Crippen molar-refractivity contribution in [3.63, 3.8) is 0 Å². The van der Waals surface area contributed by atoms with Gasteiger partial charge in [-0.15, -0.1) is 0 Å². The molecule has 0 aliphatic carbocycles. The van der Waals surface area contributed by atoms with Crippen LogP contribution in [0.25, 0.3) is 0 Å². The van der Waals surface area contributed by atoms with Crippen LogP contribution in [0.5, 0.6) is 0 Å². The second-order valence-corrected chi connectivity index (χ2v) is 6.05. The number of nitrogens with one attached hydrogen (secondary N) is 1. The molecule has 1 aliphatic rings. The molecule has 0 aromatic carbocycles. The number of carbonyl (C=O) groups is 1. The van der Waals surface area contributed by atoms with Crippen LogP contribution in [0, 0.1) is 5.92 Å². The highest BCUT2D eigenvalue weighted by Crippen LogP contribution is 2.12. The quantitative estimate of drug-likeness (QED) is 0.810. The average Bonchev–Trinajstić information content (AvgIpc) is 2.24. The predicted octanol–water partition coefficient (Wildman–Crippen LogP) is 1.26. The summed E-state index contributed by atoms with van der Waals surface area (Å²) in [5.74, 6) is 0.291. The van der Waals surface area contributed by atoms with Crippen LogP contribution in [-0.2, 0) is 9.53 Å². The molecule has 4 nitrogen and oxygen atoms in total. The first-order valence-corrected chi connectivity index (χ1v) is 6.44. The Morgan fingerprint density at radius 3 is 2.65 bits per heavy atom. The Kier molecular flexibility index (Phi) is 4.95. The third-order valence-corrected chi connectivity index (χ3v) is 2.87. The van der Waals surface area contributed by atoms with Crippen molar-refractivity contribution >= 4 is 5.91 Å². The molecular formula is C13H26N2O2. The van der Waals surface area contributed by atoms with Gasteiger partial charge in [-0.05, 0) is 20.8 Å². The van der Waals surface area contributed by atoms with Crippen molar-refractivity contribution in [3.05, 3.63) is 0 Å². The zero-order valence-corrected chi connectivity index (χ0v) is 11.7. The summed E-state index contributed by atoms with van der Waals surface area (Å²) in [7, 11) is 0. The van der Waals surface area contributed by atoms with Crippen LogP contribution in [0.2, 0.25) is 0 Å². The lowest BCUT2D eigenvalue weighted by Crippen LogP contribution is -2.56. The molecule has 1 saturated heterocycles. The molecule has 1 rings (SSSR count). The van der Waals surface area contributed by atoms with Crippen LogP contribution in [0.3, 0.4) is 0 Å². The maximum absolute atomic E-state index is 12.1. The van der Waals surface area contributed by atoms with Gasteiger partial charge >= 0.3 is 0 Å². The maximum atomic E-state index is 12.1. The summed E-state index contributed by atoms with van der Waals surface area (Å²) in [6.45, 7) is 13.1. The smallest absolute Gasteiger partial charge is 0.225 e. The fourth-order valence-corrected chi connectivity index (χ4v) is 1.87. The van der Waals surface area contributed by atoms with Crippen molar-refractivity contribution in [1.29, 1.82) is 0 Å². The summed E-state index contributed by atoms with van der Waals surface area (Å²) in [5.41, 5.74) is 0.0734. The Morgan fingerprint density at radius 2 is 2.12 bits per heavy atom. The molecule has 0 unspecified atom stereocenters. The van der Waals surface area contributed by atoms with E-state index in [2.05, 4.69) is 26.1 Å². The van der Waals surface area contributed by atoms with Gasteiger partial charge in [0.25, 0.3) is 0 Å². The molecule has 0 spiro atoms. The van der Waals surface area contributed by atoms with Crippen LogP contribution < -0.4 is 5.32 Å². The van der Waals surface area contributed by atoms with Crippen LogP contribution in [0.15, 0.2) is 0 Å². The van der Waals surface area contributed by atoms with Gasteiger partial charge < -0.3 is 15.0 Å². The SMILES string of the molecule is CC(C)C(=O)N1CCOC[C@@H]1CNC(C)(C)C. The molecule has 100 valence electrons. The second-order valence-electron chi connectivity index (χ2n) is 6.05. The Labute approximate surface area is 105 Å². The topological polar surface area (TPSA) is 41.6 Å². The molecule has 0 aromatic heterocycles. The minimum absolute atomic E-state index is 0.0604. The zero-order valence-electron chi connectivity index (χ0n) is 11.7. The highest BCUT2D eigenvalue weighted by Gasteiger charge is 2.29. The summed E-state index contributed by atoms with van der Waals surface area (Å²) in [4.78, 5) is 14.0. The zero-order chi connectivity index (χ0) is 13.1. The van der Waals surface area contributed by atoms with Gasteiger partial charge in [0, 0.05) is 24.5 Å². The van der Waals surface area contributed by atoms with E-state index < -0.39 is 0 Å². The molecule has 17 heavy (non-hydrogen) atoms. The summed E-state index contributed by atoms with van der Waals surface area (Å²) >= 11 is 0. The summed E-state index contributed by atoms with van der Waals surface area (Å²) < 4.78 is 5.47. The standard InChI is InChI=1S/C13H26N2O2/c1-10(2)12(16)15-6-7-17-9-11(15)8-14-13(3,4)5/h10-11,14H,6-9H2,1-5H3/t11-/m0/s1. The van der Waals surface area contributed by atoms with E-state index in [1.54, 1.807) is 0 Å². The lowest BCUT2D eigenvalue weighted by molar-refractivity contribution is -0.143. The molecule has 4 heteroatoms. The lowest BCUT2D eigenvalue weighted by Gasteiger charge is -2.38. The van der Waals surface area contributed by atoms with Gasteiger partial charge in [0.05, 0.1) is 19.3 Å². The number of rotatable bonds is 3. The minimum atomic E-state index is 0.0604. The van der Waals surface area contributed by atoms with Gasteiger partial charge in [0.1, 0.15) is 0 Å². The number of morpholine rings is 1. The third-order valence-electron chi connectivity index (χ3n) is 2.87. The van der Waals surface area contributed by atoms with Crippen LogP contribution >= 0.6 is 0 Å². The van der Waals surface area contributed by atoms with Gasteiger partial charge in [-0.1, -0.05) is 13.8 Å². The van der Waals surface area contributed by atoms with Gasteiger partial charge in [0.15, 0.2) is 0 Å². The van der Waals surface area contributed by atoms with E-state index in [0.717, 1.165) is 6.54 Å². The first kappa shape index (κ1) is 14.5. The van der Waals surface area contributed by atoms with Crippen LogP contribution in [0.1, 0.15) is 34.6 Å². The minimum Gasteiger partial charge on any atom is -0.377 e. The number of amides is 1. The van der Waals surface area contributed by atoms with Crippen molar-refractivity contribution in [2.45, 2.75) is 46.2 Å². The summed E-state index contributed by atoms with van der Waals surface area (Å²) in [6.07, 6.45) is 0. The average molecular weight is 242 g/mol. The normalized spacial score (nSPS) is 22.0. The summed E-state index contributed by atoms with van der Waals surface area (Å²) in [6, 6.07) is 0.165. The predicted molar refractivity (Wildman–Crippen MR) is 68.9 cm³/mol. The summed E-state index contributed by atoms with van der Waals surface area (Å²) in [5, 5.41) is 3.44. The number of hydrogen-bond acceptors (Lipinski definition) is 3. The van der Waals surface area contributed by atoms with Crippen molar-refractivity contribution in [1.82, 2.24) is 10.2 Å². The Bertz CT molecular complexity index is 259. The van der Waals surface area contributed by atoms with Crippen molar-refractivity contribution in [3.8, 4) is 0 Å². The molecule has 1 fully saturated rings. The van der Waals surface area contributed by atoms with Gasteiger partial charge in [-0.2, -0.15) is 0 Å². The monoisotopic (exact) mass is 242 g/mol. The van der Waals surface area contributed by atoms with E-state index >= 15 is 0 Å². The van der Waals surface area contributed by atoms with Gasteiger partial charge in [0.2, 0.25) is 5.91 Å². The molecule has 1 heterocycles. The highest BCUT2D eigenvalue weighted by atomic mass is 16.5. The van der Waals surface area contributed by atoms with Crippen LogP contribution in [-0.4, -0.2) is 48.7 Å². The largest absolute Gasteiger partial charge is 0.377 e. The molecule has 0 aromatic rings. The van der Waals surface area contributed by atoms with Gasteiger partial charge in [-0.3, -0.25) is 4.79 Å². The van der Waals surface area contributed by atoms with Crippen molar-refractivity contribution < 1.29 is 9.53 Å². The van der Waals surface area contributed by atoms with Gasteiger partial charge in [-0.25, -0.2) is 0 Å². The molecule has 1 aliphatic heterocycles. The lowest BCUT2D eigenvalue weighted by atomic mass is 10.1. The van der Waals surface area contributed by atoms with E-state index in [-0.39, 0.29) is 23.4 Å². The Morgan fingerprint density at radius 1 is 1.47 bits per heavy atom. The molecule has 0 saturated carbocycles. The fourth-order valence-electron chi connectivity index (χ4n) is 1.87. The van der Waals surface area contributed by atoms with E-state index in [1.807, 2.05) is 18.7 Å². The van der Waals surface area contributed by atoms with E-state index in [9.17, 15) is 4.79 Å². The van der Waals surface area contributed by atoms with E-state index in [4.69, 9.17) is 4.74 Å². The van der Waals surface area contributed by atoms with E-state index in [0.29, 0.717) is 19.8 Å². The van der Waals surface area contributed by atoms with Crippen molar-refractivity contribution in [2.75, 3.05) is 26.3 Å². The number of nitrogens with zero attached hydrogens (tertiary/aromatic N) is 1. The molecule has 0 radical (unpaired) electrons. The molecular weight excluding hydrogens is 216 g/mol. The van der Waals surface area contributed by atoms with Crippen LogP contribution in [0.4, 0.5) is 0 Å². The first-order valence-electron chi connectivity index (χ1n) is 6.44. The van der Waals surface area contributed by atoms with Crippen molar-refractivity contribution in [2.24, 2.45) is 5.92 Å².